The highest BCUT2D eigenvalue weighted by Crippen LogP contribution is 2.12. The second kappa shape index (κ2) is 14.3. The lowest BCUT2D eigenvalue weighted by molar-refractivity contribution is -0.141. The van der Waals surface area contributed by atoms with E-state index in [0.717, 1.165) is 11.1 Å². The fraction of sp³-hybridized carbons (Fsp3) is 0.241. The van der Waals surface area contributed by atoms with E-state index in [1.807, 2.05) is 6.07 Å². The van der Waals surface area contributed by atoms with Gasteiger partial charge in [0.25, 0.3) is 0 Å². The van der Waals surface area contributed by atoms with Gasteiger partial charge in [-0.05, 0) is 47.4 Å². The number of aromatic hydroxyl groups is 2. The molecule has 8 N–H and O–H groups in total. The number of phenols is 2. The molecule has 3 amide bonds. The van der Waals surface area contributed by atoms with Crippen molar-refractivity contribution in [1.29, 1.82) is 0 Å². The Morgan fingerprint density at radius 3 is 1.70 bits per heavy atom. The number of amides is 3. The largest absolute Gasteiger partial charge is 0.508 e. The van der Waals surface area contributed by atoms with E-state index in [1.165, 1.54) is 24.3 Å². The van der Waals surface area contributed by atoms with Crippen LogP contribution in [0.15, 0.2) is 78.9 Å². The molecule has 0 bridgehead atoms. The average Bonchev–Trinajstić information content (AvgIpc) is 2.93. The molecular weight excluding hydrogens is 516 g/mol. The van der Waals surface area contributed by atoms with Crippen LogP contribution in [0.5, 0.6) is 11.5 Å². The van der Waals surface area contributed by atoms with Crippen molar-refractivity contribution in [2.75, 3.05) is 6.54 Å². The lowest BCUT2D eigenvalue weighted by atomic mass is 10.0. The number of aliphatic carboxylic acids is 1. The first-order chi connectivity index (χ1) is 19.1. The van der Waals surface area contributed by atoms with E-state index in [9.17, 15) is 34.5 Å². The van der Waals surface area contributed by atoms with Gasteiger partial charge in [0, 0.05) is 12.8 Å². The number of rotatable bonds is 13. The maximum Gasteiger partial charge on any atom is 0.326 e. The fourth-order valence-corrected chi connectivity index (χ4v) is 3.92. The number of nitrogens with two attached hydrogens (primary N) is 1. The van der Waals surface area contributed by atoms with Crippen LogP contribution in [-0.4, -0.2) is 63.7 Å². The topological polar surface area (TPSA) is 191 Å². The standard InChI is InChI=1S/C29H32N4O7/c30-23(14-19-6-10-21(34)11-7-19)27(37)33-24(15-18-4-2-1-3-5-18)28(38)31-17-26(36)32-25(29(39)40)16-20-8-12-22(35)13-9-20/h1-13,23-25,34-35H,14-17,30H2,(H,31,38)(H,32,36)(H,33,37)(H,39,40). The Labute approximate surface area is 231 Å². The summed E-state index contributed by atoms with van der Waals surface area (Å²) in [5, 5.41) is 35.8. The number of carbonyl (C=O) groups is 4. The first kappa shape index (κ1) is 29.7. The van der Waals surface area contributed by atoms with Gasteiger partial charge < -0.3 is 37.0 Å². The van der Waals surface area contributed by atoms with Gasteiger partial charge in [-0.2, -0.15) is 0 Å². The van der Waals surface area contributed by atoms with E-state index < -0.39 is 48.4 Å². The Bertz CT molecular complexity index is 1300. The zero-order valence-electron chi connectivity index (χ0n) is 21.6. The van der Waals surface area contributed by atoms with Crippen molar-refractivity contribution in [3.8, 4) is 11.5 Å². The van der Waals surface area contributed by atoms with Crippen LogP contribution in [0.4, 0.5) is 0 Å². The number of carbonyl (C=O) groups excluding carboxylic acids is 3. The van der Waals surface area contributed by atoms with E-state index in [4.69, 9.17) is 5.73 Å². The van der Waals surface area contributed by atoms with Gasteiger partial charge in [-0.1, -0.05) is 54.6 Å². The van der Waals surface area contributed by atoms with Crippen LogP contribution in [0.25, 0.3) is 0 Å². The van der Waals surface area contributed by atoms with Crippen LogP contribution in [0, 0.1) is 0 Å². The molecule has 40 heavy (non-hydrogen) atoms. The van der Waals surface area contributed by atoms with E-state index in [-0.39, 0.29) is 30.8 Å². The predicted molar refractivity (Wildman–Crippen MR) is 146 cm³/mol. The lowest BCUT2D eigenvalue weighted by Crippen LogP contribution is -2.54. The van der Waals surface area contributed by atoms with E-state index >= 15 is 0 Å². The second-order valence-electron chi connectivity index (χ2n) is 9.27. The van der Waals surface area contributed by atoms with Gasteiger partial charge in [0.15, 0.2) is 0 Å². The number of carboxylic acids is 1. The summed E-state index contributed by atoms with van der Waals surface area (Å²) in [4.78, 5) is 50.0. The van der Waals surface area contributed by atoms with Crippen LogP contribution in [-0.2, 0) is 38.4 Å². The average molecular weight is 549 g/mol. The van der Waals surface area contributed by atoms with Gasteiger partial charge in [0.1, 0.15) is 23.6 Å². The molecule has 0 saturated carbocycles. The molecule has 0 heterocycles. The Morgan fingerprint density at radius 2 is 1.15 bits per heavy atom. The molecule has 3 atom stereocenters. The van der Waals surface area contributed by atoms with Gasteiger partial charge in [-0.25, -0.2) is 4.79 Å². The summed E-state index contributed by atoms with van der Waals surface area (Å²) in [6.45, 7) is -0.515. The van der Waals surface area contributed by atoms with Crippen LogP contribution < -0.4 is 21.7 Å². The van der Waals surface area contributed by atoms with Crippen LogP contribution in [0.1, 0.15) is 16.7 Å². The van der Waals surface area contributed by atoms with Crippen LogP contribution >= 0.6 is 0 Å². The molecule has 3 aromatic rings. The summed E-state index contributed by atoms with van der Waals surface area (Å²) in [6.07, 6.45) is 0.275. The zero-order chi connectivity index (χ0) is 29.1. The first-order valence-corrected chi connectivity index (χ1v) is 12.6. The minimum atomic E-state index is -1.26. The first-order valence-electron chi connectivity index (χ1n) is 12.6. The summed E-state index contributed by atoms with van der Waals surface area (Å²) in [5.41, 5.74) is 8.14. The molecule has 0 fully saturated rings. The van der Waals surface area contributed by atoms with Crippen molar-refractivity contribution < 1.29 is 34.5 Å². The minimum absolute atomic E-state index is 0.0269. The SMILES string of the molecule is NC(Cc1ccc(O)cc1)C(=O)NC(Cc1ccccc1)C(=O)NCC(=O)NC(Cc1ccc(O)cc1)C(=O)O. The second-order valence-corrected chi connectivity index (χ2v) is 9.27. The number of benzene rings is 3. The molecule has 0 aliphatic rings. The minimum Gasteiger partial charge on any atom is -0.508 e. The number of carboxylic acid groups (broad SMARTS) is 1. The summed E-state index contributed by atoms with van der Waals surface area (Å²) in [5.74, 6) is -3.10. The maximum atomic E-state index is 13.0. The molecule has 0 radical (unpaired) electrons. The highest BCUT2D eigenvalue weighted by Gasteiger charge is 2.26. The highest BCUT2D eigenvalue weighted by molar-refractivity contribution is 5.92. The van der Waals surface area contributed by atoms with Gasteiger partial charge >= 0.3 is 5.97 Å². The van der Waals surface area contributed by atoms with Crippen molar-refractivity contribution >= 4 is 23.7 Å². The van der Waals surface area contributed by atoms with Crippen molar-refractivity contribution in [3.05, 3.63) is 95.6 Å². The van der Waals surface area contributed by atoms with Crippen molar-refractivity contribution in [3.63, 3.8) is 0 Å². The quantitative estimate of drug-likeness (QED) is 0.162. The van der Waals surface area contributed by atoms with Gasteiger partial charge in [0.05, 0.1) is 12.6 Å². The highest BCUT2D eigenvalue weighted by atomic mass is 16.4. The van der Waals surface area contributed by atoms with Crippen LogP contribution in [0.3, 0.4) is 0 Å². The maximum absolute atomic E-state index is 13.0. The molecule has 0 aromatic heterocycles. The fourth-order valence-electron chi connectivity index (χ4n) is 3.92. The molecule has 210 valence electrons. The van der Waals surface area contributed by atoms with E-state index in [2.05, 4.69) is 16.0 Å². The Balaban J connectivity index is 1.61. The molecule has 3 rings (SSSR count). The third-order valence-electron chi connectivity index (χ3n) is 6.08. The third kappa shape index (κ3) is 9.44. The van der Waals surface area contributed by atoms with Crippen molar-refractivity contribution in [2.45, 2.75) is 37.4 Å². The summed E-state index contributed by atoms with van der Waals surface area (Å²) in [6, 6.07) is 17.8. The smallest absolute Gasteiger partial charge is 0.326 e. The number of phenolic OH excluding ortho intramolecular Hbond substituents is 2. The third-order valence-corrected chi connectivity index (χ3v) is 6.08. The molecule has 11 nitrogen and oxygen atoms in total. The Kier molecular flexibility index (Phi) is 10.6. The van der Waals surface area contributed by atoms with Crippen LogP contribution in [0.2, 0.25) is 0 Å². The molecule has 3 aromatic carbocycles. The molecule has 0 saturated heterocycles. The number of nitrogens with one attached hydrogen (secondary N) is 3. The Hall–Kier alpha value is -4.90. The summed E-state index contributed by atoms with van der Waals surface area (Å²) >= 11 is 0. The molecular formula is C29H32N4O7. The molecule has 0 aliphatic heterocycles. The molecule has 11 heteroatoms. The lowest BCUT2D eigenvalue weighted by Gasteiger charge is -2.21. The number of hydrogen-bond acceptors (Lipinski definition) is 7. The van der Waals surface area contributed by atoms with Gasteiger partial charge in [-0.15, -0.1) is 0 Å². The summed E-state index contributed by atoms with van der Waals surface area (Å²) < 4.78 is 0. The molecule has 0 aliphatic carbocycles. The molecule has 0 spiro atoms. The normalized spacial score (nSPS) is 12.9. The predicted octanol–water partition coefficient (Wildman–Crippen LogP) is 0.623. The van der Waals surface area contributed by atoms with Gasteiger partial charge in [0.2, 0.25) is 17.7 Å². The van der Waals surface area contributed by atoms with Gasteiger partial charge in [-0.3, -0.25) is 14.4 Å². The Morgan fingerprint density at radius 1 is 0.650 bits per heavy atom. The van der Waals surface area contributed by atoms with Crippen molar-refractivity contribution in [2.24, 2.45) is 5.73 Å². The van der Waals surface area contributed by atoms with E-state index in [1.54, 1.807) is 48.5 Å². The number of hydrogen-bond donors (Lipinski definition) is 7. The summed E-state index contributed by atoms with van der Waals surface area (Å²) in [7, 11) is 0. The molecule has 3 unspecified atom stereocenters. The zero-order valence-corrected chi connectivity index (χ0v) is 21.6. The monoisotopic (exact) mass is 548 g/mol. The van der Waals surface area contributed by atoms with Crippen molar-refractivity contribution in [1.82, 2.24) is 16.0 Å². The van der Waals surface area contributed by atoms with E-state index in [0.29, 0.717) is 5.56 Å².